The zero-order valence-electron chi connectivity index (χ0n) is 10.8. The summed E-state index contributed by atoms with van der Waals surface area (Å²) in [4.78, 5) is 22.6. The summed E-state index contributed by atoms with van der Waals surface area (Å²) in [5.74, 6) is -0.409. The van der Waals surface area contributed by atoms with Gasteiger partial charge in [0.25, 0.3) is 0 Å². The summed E-state index contributed by atoms with van der Waals surface area (Å²) in [6, 6.07) is -0.109. The summed E-state index contributed by atoms with van der Waals surface area (Å²) in [5, 5.41) is 5.42. The molecule has 1 aliphatic rings. The molecule has 0 radical (unpaired) electrons. The van der Waals surface area contributed by atoms with E-state index in [1.54, 1.807) is 6.92 Å². The van der Waals surface area contributed by atoms with E-state index >= 15 is 0 Å². The highest BCUT2D eigenvalue weighted by Gasteiger charge is 2.35. The minimum atomic E-state index is -0.409. The molecule has 1 aliphatic carbocycles. The molecule has 0 heterocycles. The molecule has 1 unspecified atom stereocenters. The third kappa shape index (κ3) is 4.24. The van der Waals surface area contributed by atoms with E-state index in [0.29, 0.717) is 6.61 Å². The second kappa shape index (κ2) is 5.89. The van der Waals surface area contributed by atoms with Crippen LogP contribution in [0.1, 0.15) is 40.0 Å². The Morgan fingerprint density at radius 3 is 2.65 bits per heavy atom. The third-order valence-corrected chi connectivity index (χ3v) is 3.26. The second-order valence-electron chi connectivity index (χ2n) is 5.07. The SMILES string of the molecule is CCOC(=O)CNC(=O)NC1CCCC1(C)C. The average Bonchev–Trinajstić information content (AvgIpc) is 2.56. The lowest BCUT2D eigenvalue weighted by molar-refractivity contribution is -0.141. The summed E-state index contributed by atoms with van der Waals surface area (Å²) in [6.45, 7) is 6.29. The fourth-order valence-corrected chi connectivity index (χ4v) is 2.17. The minimum absolute atomic E-state index is 0.0766. The van der Waals surface area contributed by atoms with Crippen molar-refractivity contribution in [2.24, 2.45) is 5.41 Å². The predicted octanol–water partition coefficient (Wildman–Crippen LogP) is 1.43. The number of carbonyl (C=O) groups is 2. The lowest BCUT2D eigenvalue weighted by atomic mass is 9.87. The van der Waals surface area contributed by atoms with Crippen LogP contribution in [-0.4, -0.2) is 31.2 Å². The van der Waals surface area contributed by atoms with Gasteiger partial charge in [-0.2, -0.15) is 0 Å². The van der Waals surface area contributed by atoms with E-state index < -0.39 is 5.97 Å². The maximum absolute atomic E-state index is 11.6. The largest absolute Gasteiger partial charge is 0.465 e. The second-order valence-corrected chi connectivity index (χ2v) is 5.07. The highest BCUT2D eigenvalue weighted by atomic mass is 16.5. The van der Waals surface area contributed by atoms with Crippen molar-refractivity contribution in [3.63, 3.8) is 0 Å². The third-order valence-electron chi connectivity index (χ3n) is 3.26. The smallest absolute Gasteiger partial charge is 0.325 e. The van der Waals surface area contributed by atoms with Gasteiger partial charge in [-0.25, -0.2) is 4.79 Å². The first-order valence-corrected chi connectivity index (χ1v) is 6.15. The van der Waals surface area contributed by atoms with Gasteiger partial charge in [0.05, 0.1) is 6.61 Å². The van der Waals surface area contributed by atoms with Crippen LogP contribution in [0, 0.1) is 5.41 Å². The van der Waals surface area contributed by atoms with Gasteiger partial charge >= 0.3 is 12.0 Å². The summed E-state index contributed by atoms with van der Waals surface area (Å²) < 4.78 is 4.72. The topological polar surface area (TPSA) is 67.4 Å². The Morgan fingerprint density at radius 2 is 2.12 bits per heavy atom. The number of rotatable bonds is 4. The van der Waals surface area contributed by atoms with E-state index in [9.17, 15) is 9.59 Å². The van der Waals surface area contributed by atoms with Gasteiger partial charge in [0.15, 0.2) is 0 Å². The first-order chi connectivity index (χ1) is 7.95. The lowest BCUT2D eigenvalue weighted by Gasteiger charge is -2.27. The molecule has 1 saturated carbocycles. The van der Waals surface area contributed by atoms with Gasteiger partial charge in [-0.05, 0) is 25.2 Å². The lowest BCUT2D eigenvalue weighted by Crippen LogP contribution is -2.47. The zero-order chi connectivity index (χ0) is 12.9. The quantitative estimate of drug-likeness (QED) is 0.733. The standard InChI is InChI=1S/C12H22N2O3/c1-4-17-10(15)8-13-11(16)14-9-6-5-7-12(9,2)3/h9H,4-8H2,1-3H3,(H2,13,14,16). The molecule has 1 fully saturated rings. The molecule has 0 aliphatic heterocycles. The van der Waals surface area contributed by atoms with Gasteiger partial charge in [-0.3, -0.25) is 4.79 Å². The predicted molar refractivity (Wildman–Crippen MR) is 64.6 cm³/mol. The van der Waals surface area contributed by atoms with Crippen LogP contribution in [0.4, 0.5) is 4.79 Å². The van der Waals surface area contributed by atoms with Crippen molar-refractivity contribution in [1.29, 1.82) is 0 Å². The number of carbonyl (C=O) groups excluding carboxylic acids is 2. The van der Waals surface area contributed by atoms with Crippen LogP contribution >= 0.6 is 0 Å². The monoisotopic (exact) mass is 242 g/mol. The highest BCUT2D eigenvalue weighted by Crippen LogP contribution is 2.36. The van der Waals surface area contributed by atoms with Crippen LogP contribution < -0.4 is 10.6 Å². The van der Waals surface area contributed by atoms with Crippen molar-refractivity contribution in [3.05, 3.63) is 0 Å². The van der Waals surface area contributed by atoms with E-state index in [2.05, 4.69) is 24.5 Å². The van der Waals surface area contributed by atoms with Crippen LogP contribution in [-0.2, 0) is 9.53 Å². The molecule has 17 heavy (non-hydrogen) atoms. The molecule has 2 N–H and O–H groups in total. The Hall–Kier alpha value is -1.26. The zero-order valence-corrected chi connectivity index (χ0v) is 10.8. The Kier molecular flexibility index (Phi) is 4.78. The first-order valence-electron chi connectivity index (χ1n) is 6.15. The van der Waals surface area contributed by atoms with Crippen LogP contribution in [0.5, 0.6) is 0 Å². The molecular weight excluding hydrogens is 220 g/mol. The van der Waals surface area contributed by atoms with E-state index in [0.717, 1.165) is 19.3 Å². The van der Waals surface area contributed by atoms with Crippen molar-refractivity contribution >= 4 is 12.0 Å². The van der Waals surface area contributed by atoms with Crippen LogP contribution in [0.15, 0.2) is 0 Å². The van der Waals surface area contributed by atoms with E-state index in [1.807, 2.05) is 0 Å². The molecular formula is C12H22N2O3. The van der Waals surface area contributed by atoms with Gasteiger partial charge in [0.2, 0.25) is 0 Å². The summed E-state index contributed by atoms with van der Waals surface area (Å²) in [5.41, 5.74) is 0.140. The Bertz CT molecular complexity index is 289. The number of ether oxygens (including phenoxy) is 1. The van der Waals surface area contributed by atoms with Crippen LogP contribution in [0.3, 0.4) is 0 Å². The summed E-state index contributed by atoms with van der Waals surface area (Å²) in [6.07, 6.45) is 3.26. The summed E-state index contributed by atoms with van der Waals surface area (Å²) in [7, 11) is 0. The molecule has 98 valence electrons. The number of hydrogen-bond acceptors (Lipinski definition) is 3. The minimum Gasteiger partial charge on any atom is -0.465 e. The fourth-order valence-electron chi connectivity index (χ4n) is 2.17. The molecule has 0 bridgehead atoms. The molecule has 5 nitrogen and oxygen atoms in total. The number of esters is 1. The van der Waals surface area contributed by atoms with E-state index in [4.69, 9.17) is 4.74 Å². The van der Waals surface area contributed by atoms with Crippen molar-refractivity contribution < 1.29 is 14.3 Å². The van der Waals surface area contributed by atoms with Gasteiger partial charge in [0, 0.05) is 6.04 Å². The molecule has 2 amide bonds. The fraction of sp³-hybridized carbons (Fsp3) is 0.833. The maximum Gasteiger partial charge on any atom is 0.325 e. The molecule has 0 aromatic heterocycles. The van der Waals surface area contributed by atoms with Crippen molar-refractivity contribution in [2.75, 3.05) is 13.2 Å². The molecule has 5 heteroatoms. The number of hydrogen-bond donors (Lipinski definition) is 2. The highest BCUT2D eigenvalue weighted by molar-refractivity contribution is 5.80. The van der Waals surface area contributed by atoms with Gasteiger partial charge in [0.1, 0.15) is 6.54 Å². The van der Waals surface area contributed by atoms with Crippen molar-refractivity contribution in [3.8, 4) is 0 Å². The number of nitrogens with one attached hydrogen (secondary N) is 2. The molecule has 0 saturated heterocycles. The molecule has 0 aromatic rings. The Balaban J connectivity index is 2.28. The Morgan fingerprint density at radius 1 is 1.41 bits per heavy atom. The van der Waals surface area contributed by atoms with Gasteiger partial charge in [-0.1, -0.05) is 20.3 Å². The van der Waals surface area contributed by atoms with E-state index in [-0.39, 0.29) is 24.0 Å². The van der Waals surface area contributed by atoms with Crippen LogP contribution in [0.25, 0.3) is 0 Å². The maximum atomic E-state index is 11.6. The first kappa shape index (κ1) is 13.8. The summed E-state index contributed by atoms with van der Waals surface area (Å²) >= 11 is 0. The Labute approximate surface area is 102 Å². The van der Waals surface area contributed by atoms with Crippen molar-refractivity contribution in [2.45, 2.75) is 46.1 Å². The average molecular weight is 242 g/mol. The van der Waals surface area contributed by atoms with Gasteiger partial charge in [-0.15, -0.1) is 0 Å². The molecule has 0 spiro atoms. The van der Waals surface area contributed by atoms with Crippen molar-refractivity contribution in [1.82, 2.24) is 10.6 Å². The van der Waals surface area contributed by atoms with Crippen LogP contribution in [0.2, 0.25) is 0 Å². The normalized spacial score (nSPS) is 21.9. The molecule has 1 atom stereocenters. The molecule has 1 rings (SSSR count). The van der Waals surface area contributed by atoms with E-state index in [1.165, 1.54) is 0 Å². The number of amides is 2. The van der Waals surface area contributed by atoms with Gasteiger partial charge < -0.3 is 15.4 Å². The number of urea groups is 1. The molecule has 0 aromatic carbocycles.